The number of piperidine rings is 1. The molecule has 0 aliphatic carbocycles. The number of amides is 1. The van der Waals surface area contributed by atoms with Gasteiger partial charge >= 0.3 is 0 Å². The molecule has 0 aromatic carbocycles. The summed E-state index contributed by atoms with van der Waals surface area (Å²) in [6.07, 6.45) is 2.52. The van der Waals surface area contributed by atoms with E-state index in [1.54, 1.807) is 0 Å². The van der Waals surface area contributed by atoms with Gasteiger partial charge in [0.05, 0.1) is 17.4 Å². The van der Waals surface area contributed by atoms with Crippen molar-refractivity contribution < 1.29 is 13.2 Å². The monoisotopic (exact) mass is 302 g/mol. The van der Waals surface area contributed by atoms with Crippen LogP contribution in [-0.2, 0) is 14.6 Å². The van der Waals surface area contributed by atoms with Gasteiger partial charge in [-0.05, 0) is 25.3 Å². The quantitative estimate of drug-likeness (QED) is 0.828. The summed E-state index contributed by atoms with van der Waals surface area (Å²) in [5.41, 5.74) is 0. The summed E-state index contributed by atoms with van der Waals surface area (Å²) in [4.78, 5) is 14.4. The molecule has 0 aromatic heterocycles. The summed E-state index contributed by atoms with van der Waals surface area (Å²) in [6, 6.07) is 0.487. The molecule has 3 atom stereocenters. The molecule has 2 fully saturated rings. The molecule has 0 radical (unpaired) electrons. The number of carbonyl (C=O) groups excluding carboxylic acids is 1. The van der Waals surface area contributed by atoms with Crippen LogP contribution in [0.25, 0.3) is 0 Å². The predicted octanol–water partition coefficient (Wildman–Crippen LogP) is 0.658. The second-order valence-electron chi connectivity index (χ2n) is 6.01. The van der Waals surface area contributed by atoms with Crippen LogP contribution in [0.1, 0.15) is 33.1 Å². The van der Waals surface area contributed by atoms with Crippen LogP contribution in [0.4, 0.5) is 0 Å². The Hall–Kier alpha value is -0.620. The van der Waals surface area contributed by atoms with Crippen LogP contribution in [0.3, 0.4) is 0 Å². The first-order valence-electron chi connectivity index (χ1n) is 7.69. The average molecular weight is 302 g/mol. The molecule has 20 heavy (non-hydrogen) atoms. The minimum atomic E-state index is -2.98. The molecular formula is C14H26N2O3S. The fraction of sp³-hybridized carbons (Fsp3) is 0.929. The molecule has 2 aliphatic rings. The summed E-state index contributed by atoms with van der Waals surface area (Å²) in [6.45, 7) is 6.74. The number of sulfone groups is 1. The first kappa shape index (κ1) is 15.8. The second kappa shape index (κ2) is 6.43. The van der Waals surface area contributed by atoms with E-state index in [1.165, 1.54) is 0 Å². The van der Waals surface area contributed by atoms with Crippen LogP contribution in [0.5, 0.6) is 0 Å². The number of hydrogen-bond acceptors (Lipinski definition) is 4. The average Bonchev–Trinajstić information content (AvgIpc) is 2.79. The molecule has 0 saturated carbocycles. The normalized spacial score (nSPS) is 33.3. The Labute approximate surface area is 122 Å². The predicted molar refractivity (Wildman–Crippen MR) is 79.2 cm³/mol. The third-order valence-corrected chi connectivity index (χ3v) is 6.39. The van der Waals surface area contributed by atoms with E-state index in [1.807, 2.05) is 4.90 Å². The number of likely N-dealkylation sites (tertiary alicyclic amines) is 1. The molecule has 116 valence electrons. The summed E-state index contributed by atoms with van der Waals surface area (Å²) in [5, 5.41) is 3.49. The van der Waals surface area contributed by atoms with Gasteiger partial charge in [-0.15, -0.1) is 0 Å². The van der Waals surface area contributed by atoms with Crippen molar-refractivity contribution in [1.29, 1.82) is 0 Å². The zero-order chi connectivity index (χ0) is 14.8. The number of carbonyl (C=O) groups is 1. The topological polar surface area (TPSA) is 66.5 Å². The van der Waals surface area contributed by atoms with Gasteiger partial charge in [0, 0.05) is 19.1 Å². The summed E-state index contributed by atoms with van der Waals surface area (Å²) < 4.78 is 23.0. The summed E-state index contributed by atoms with van der Waals surface area (Å²) >= 11 is 0. The van der Waals surface area contributed by atoms with Crippen molar-refractivity contribution in [2.75, 3.05) is 31.1 Å². The lowest BCUT2D eigenvalue weighted by Crippen LogP contribution is -2.52. The van der Waals surface area contributed by atoms with Crippen LogP contribution in [0.15, 0.2) is 0 Å². The molecule has 2 aliphatic heterocycles. The van der Waals surface area contributed by atoms with Crippen LogP contribution >= 0.6 is 0 Å². The molecule has 2 rings (SSSR count). The molecule has 3 unspecified atom stereocenters. The van der Waals surface area contributed by atoms with Crippen molar-refractivity contribution in [2.45, 2.75) is 39.2 Å². The lowest BCUT2D eigenvalue weighted by Gasteiger charge is -2.39. The third-order valence-electron chi connectivity index (χ3n) is 4.62. The lowest BCUT2D eigenvalue weighted by atomic mass is 9.89. The standard InChI is InChI=1S/C14H26N2O3S/c1-3-11-9-16(7-5-13(11)15-4-2)14(17)12-6-8-20(18,19)10-12/h11-13,15H,3-10H2,1-2H3. The van der Waals surface area contributed by atoms with Crippen LogP contribution in [0.2, 0.25) is 0 Å². The highest BCUT2D eigenvalue weighted by Gasteiger charge is 2.38. The molecule has 6 heteroatoms. The highest BCUT2D eigenvalue weighted by molar-refractivity contribution is 7.91. The van der Waals surface area contributed by atoms with Crippen molar-refractivity contribution in [2.24, 2.45) is 11.8 Å². The Kier molecular flexibility index (Phi) is 5.07. The van der Waals surface area contributed by atoms with Crippen LogP contribution in [0, 0.1) is 11.8 Å². The smallest absolute Gasteiger partial charge is 0.226 e. The second-order valence-corrected chi connectivity index (χ2v) is 8.23. The highest BCUT2D eigenvalue weighted by atomic mass is 32.2. The van der Waals surface area contributed by atoms with E-state index in [-0.39, 0.29) is 23.3 Å². The van der Waals surface area contributed by atoms with Gasteiger partial charge in [0.15, 0.2) is 9.84 Å². The minimum Gasteiger partial charge on any atom is -0.342 e. The molecule has 0 aromatic rings. The van der Waals surface area contributed by atoms with E-state index in [0.29, 0.717) is 18.4 Å². The molecule has 0 bridgehead atoms. The van der Waals surface area contributed by atoms with Crippen molar-refractivity contribution in [1.82, 2.24) is 10.2 Å². The maximum Gasteiger partial charge on any atom is 0.226 e. The summed E-state index contributed by atoms with van der Waals surface area (Å²) in [7, 11) is -2.98. The fourth-order valence-electron chi connectivity index (χ4n) is 3.42. The Morgan fingerprint density at radius 2 is 2.05 bits per heavy atom. The van der Waals surface area contributed by atoms with Gasteiger partial charge in [-0.1, -0.05) is 20.3 Å². The van der Waals surface area contributed by atoms with Gasteiger partial charge in [-0.2, -0.15) is 0 Å². The highest BCUT2D eigenvalue weighted by Crippen LogP contribution is 2.25. The van der Waals surface area contributed by atoms with Crippen molar-refractivity contribution in [3.8, 4) is 0 Å². The molecular weight excluding hydrogens is 276 g/mol. The number of rotatable bonds is 4. The van der Waals surface area contributed by atoms with E-state index < -0.39 is 9.84 Å². The molecule has 1 amide bonds. The zero-order valence-electron chi connectivity index (χ0n) is 12.5. The van der Waals surface area contributed by atoms with Gasteiger partial charge in [0.2, 0.25) is 5.91 Å². The first-order chi connectivity index (χ1) is 9.46. The number of hydrogen-bond donors (Lipinski definition) is 1. The Morgan fingerprint density at radius 1 is 1.30 bits per heavy atom. The Morgan fingerprint density at radius 3 is 2.60 bits per heavy atom. The number of nitrogens with zero attached hydrogens (tertiary/aromatic N) is 1. The van der Waals surface area contributed by atoms with E-state index in [0.717, 1.165) is 32.5 Å². The third kappa shape index (κ3) is 3.52. The van der Waals surface area contributed by atoms with Gasteiger partial charge in [0.25, 0.3) is 0 Å². The molecule has 0 spiro atoms. The van der Waals surface area contributed by atoms with Crippen molar-refractivity contribution in [3.63, 3.8) is 0 Å². The molecule has 2 saturated heterocycles. The zero-order valence-corrected chi connectivity index (χ0v) is 13.3. The number of nitrogens with one attached hydrogen (secondary N) is 1. The minimum absolute atomic E-state index is 0.0514. The van der Waals surface area contributed by atoms with E-state index in [2.05, 4.69) is 19.2 Å². The first-order valence-corrected chi connectivity index (χ1v) is 9.51. The SMILES string of the molecule is CCNC1CCN(C(=O)C2CCS(=O)(=O)C2)CC1CC. The maximum absolute atomic E-state index is 12.5. The fourth-order valence-corrected chi connectivity index (χ4v) is 5.16. The van der Waals surface area contributed by atoms with Crippen LogP contribution < -0.4 is 5.32 Å². The Balaban J connectivity index is 1.95. The van der Waals surface area contributed by atoms with Gasteiger partial charge in [0.1, 0.15) is 0 Å². The van der Waals surface area contributed by atoms with E-state index in [9.17, 15) is 13.2 Å². The summed E-state index contributed by atoms with van der Waals surface area (Å²) in [5.74, 6) is 0.461. The van der Waals surface area contributed by atoms with Gasteiger partial charge in [-0.25, -0.2) is 8.42 Å². The van der Waals surface area contributed by atoms with Gasteiger partial charge < -0.3 is 10.2 Å². The van der Waals surface area contributed by atoms with Crippen LogP contribution in [-0.4, -0.2) is 56.4 Å². The maximum atomic E-state index is 12.5. The molecule has 5 nitrogen and oxygen atoms in total. The lowest BCUT2D eigenvalue weighted by molar-refractivity contribution is -0.137. The molecule has 1 N–H and O–H groups in total. The van der Waals surface area contributed by atoms with Crippen molar-refractivity contribution >= 4 is 15.7 Å². The molecule has 2 heterocycles. The van der Waals surface area contributed by atoms with Gasteiger partial charge in [-0.3, -0.25) is 4.79 Å². The van der Waals surface area contributed by atoms with E-state index in [4.69, 9.17) is 0 Å². The largest absolute Gasteiger partial charge is 0.342 e. The van der Waals surface area contributed by atoms with Crippen molar-refractivity contribution in [3.05, 3.63) is 0 Å². The van der Waals surface area contributed by atoms with E-state index >= 15 is 0 Å². The Bertz CT molecular complexity index is 449.